The second-order valence-corrected chi connectivity index (χ2v) is 6.68. The van der Waals surface area contributed by atoms with Crippen LogP contribution < -0.4 is 9.64 Å². The second-order valence-electron chi connectivity index (χ2n) is 6.68. The fourth-order valence-corrected chi connectivity index (χ4v) is 3.56. The summed E-state index contributed by atoms with van der Waals surface area (Å²) in [5, 5.41) is 9.34. The first-order chi connectivity index (χ1) is 13.3. The molecule has 1 aliphatic heterocycles. The Labute approximate surface area is 159 Å². The van der Waals surface area contributed by atoms with Crippen LogP contribution >= 0.6 is 0 Å². The number of hydrogen-bond acceptors (Lipinski definition) is 5. The van der Waals surface area contributed by atoms with Crippen LogP contribution in [0.2, 0.25) is 0 Å². The molecular formula is C22H23N3O2. The van der Waals surface area contributed by atoms with Gasteiger partial charge in [-0.05, 0) is 55.2 Å². The number of anilines is 1. The Balaban J connectivity index is 1.54. The first-order valence-corrected chi connectivity index (χ1v) is 9.36. The Morgan fingerprint density at radius 1 is 0.963 bits per heavy atom. The molecule has 5 heteroatoms. The van der Waals surface area contributed by atoms with Crippen molar-refractivity contribution in [2.45, 2.75) is 31.9 Å². The molecule has 4 rings (SSSR count). The number of hydrogen-bond donors (Lipinski definition) is 1. The third kappa shape index (κ3) is 4.09. The highest BCUT2D eigenvalue weighted by Crippen LogP contribution is 2.35. The van der Waals surface area contributed by atoms with Crippen molar-refractivity contribution < 1.29 is 9.84 Å². The first-order valence-electron chi connectivity index (χ1n) is 9.36. The Kier molecular flexibility index (Phi) is 5.30. The summed E-state index contributed by atoms with van der Waals surface area (Å²) in [5.41, 5.74) is 1.25. The highest BCUT2D eigenvalue weighted by Gasteiger charge is 2.25. The summed E-state index contributed by atoms with van der Waals surface area (Å²) in [7, 11) is 0. The summed E-state index contributed by atoms with van der Waals surface area (Å²) < 4.78 is 5.90. The van der Waals surface area contributed by atoms with Gasteiger partial charge >= 0.3 is 0 Å². The van der Waals surface area contributed by atoms with Gasteiger partial charge in [-0.3, -0.25) is 0 Å². The number of aliphatic hydroxyl groups excluding tert-OH is 1. The van der Waals surface area contributed by atoms with E-state index < -0.39 is 0 Å². The zero-order chi connectivity index (χ0) is 18.5. The van der Waals surface area contributed by atoms with Gasteiger partial charge < -0.3 is 14.7 Å². The van der Waals surface area contributed by atoms with Gasteiger partial charge in [0.15, 0.2) is 5.82 Å². The third-order valence-electron chi connectivity index (χ3n) is 4.87. The first kappa shape index (κ1) is 17.5. The molecule has 27 heavy (non-hydrogen) atoms. The monoisotopic (exact) mass is 361 g/mol. The van der Waals surface area contributed by atoms with E-state index >= 15 is 0 Å². The molecule has 1 saturated heterocycles. The molecule has 1 fully saturated rings. The lowest BCUT2D eigenvalue weighted by Gasteiger charge is -2.37. The number of rotatable bonds is 5. The van der Waals surface area contributed by atoms with Crippen molar-refractivity contribution in [2.75, 3.05) is 11.4 Å². The van der Waals surface area contributed by atoms with Crippen molar-refractivity contribution in [3.63, 3.8) is 0 Å². The molecule has 0 saturated carbocycles. The lowest BCUT2D eigenvalue weighted by molar-refractivity contribution is 0.271. The third-order valence-corrected chi connectivity index (χ3v) is 4.87. The molecule has 0 amide bonds. The summed E-state index contributed by atoms with van der Waals surface area (Å²) in [6.07, 6.45) is 5.14. The van der Waals surface area contributed by atoms with Crippen LogP contribution in [0.4, 0.5) is 5.82 Å². The van der Waals surface area contributed by atoms with E-state index in [-0.39, 0.29) is 12.6 Å². The average molecular weight is 361 g/mol. The van der Waals surface area contributed by atoms with E-state index in [4.69, 9.17) is 4.74 Å². The molecule has 5 nitrogen and oxygen atoms in total. The van der Waals surface area contributed by atoms with Crippen molar-refractivity contribution >= 4 is 5.82 Å². The van der Waals surface area contributed by atoms with Crippen LogP contribution in [-0.4, -0.2) is 21.6 Å². The summed E-state index contributed by atoms with van der Waals surface area (Å²) >= 11 is 0. The molecule has 1 N–H and O–H groups in total. The van der Waals surface area contributed by atoms with Crippen LogP contribution in [0.15, 0.2) is 66.9 Å². The van der Waals surface area contributed by atoms with E-state index in [2.05, 4.69) is 27.0 Å². The second kappa shape index (κ2) is 8.18. The molecule has 0 spiro atoms. The van der Waals surface area contributed by atoms with Crippen molar-refractivity contribution in [3.05, 3.63) is 78.2 Å². The van der Waals surface area contributed by atoms with Crippen LogP contribution in [-0.2, 0) is 6.61 Å². The minimum Gasteiger partial charge on any atom is -0.457 e. The maximum atomic E-state index is 9.34. The minimum absolute atomic E-state index is 0.141. The topological polar surface area (TPSA) is 58.5 Å². The fraction of sp³-hybridized carbons (Fsp3) is 0.273. The van der Waals surface area contributed by atoms with Crippen molar-refractivity contribution in [3.8, 4) is 11.5 Å². The number of nitrogens with zero attached hydrogens (tertiary/aromatic N) is 3. The Hall–Kier alpha value is -2.92. The van der Waals surface area contributed by atoms with Crippen LogP contribution in [0, 0.1) is 0 Å². The van der Waals surface area contributed by atoms with E-state index in [1.165, 1.54) is 12.0 Å². The quantitative estimate of drug-likeness (QED) is 0.725. The standard InChI is InChI=1S/C22H23N3O2/c26-16-21-23-14-13-22(24-21)25-15-5-4-8-20(25)17-9-11-19(12-10-17)27-18-6-2-1-3-7-18/h1-3,6-7,9-14,20,26H,4-5,8,15-16H2. The van der Waals surface area contributed by atoms with Crippen molar-refractivity contribution in [1.29, 1.82) is 0 Å². The Morgan fingerprint density at radius 3 is 2.52 bits per heavy atom. The van der Waals surface area contributed by atoms with E-state index in [0.717, 1.165) is 36.7 Å². The summed E-state index contributed by atoms with van der Waals surface area (Å²) in [6.45, 7) is 0.812. The maximum absolute atomic E-state index is 9.34. The molecule has 1 atom stereocenters. The lowest BCUT2D eigenvalue weighted by Crippen LogP contribution is -2.34. The molecule has 2 aromatic carbocycles. The summed E-state index contributed by atoms with van der Waals surface area (Å²) in [6, 6.07) is 20.3. The molecule has 0 radical (unpaired) electrons. The Bertz CT molecular complexity index is 868. The van der Waals surface area contributed by atoms with Crippen LogP contribution in [0.3, 0.4) is 0 Å². The van der Waals surface area contributed by atoms with Crippen LogP contribution in [0.25, 0.3) is 0 Å². The molecule has 1 aliphatic rings. The number of ether oxygens (including phenoxy) is 1. The van der Waals surface area contributed by atoms with Gasteiger partial charge in [0.05, 0.1) is 6.04 Å². The minimum atomic E-state index is -0.141. The van der Waals surface area contributed by atoms with Gasteiger partial charge in [-0.2, -0.15) is 0 Å². The van der Waals surface area contributed by atoms with Gasteiger partial charge in [-0.25, -0.2) is 9.97 Å². The predicted molar refractivity (Wildman–Crippen MR) is 105 cm³/mol. The molecule has 1 unspecified atom stereocenters. The van der Waals surface area contributed by atoms with E-state index in [1.807, 2.05) is 48.5 Å². The Morgan fingerprint density at radius 2 is 1.74 bits per heavy atom. The molecule has 138 valence electrons. The van der Waals surface area contributed by atoms with E-state index in [1.54, 1.807) is 6.20 Å². The number of aliphatic hydroxyl groups is 1. The predicted octanol–water partition coefficient (Wildman–Crippen LogP) is 4.49. The maximum Gasteiger partial charge on any atom is 0.156 e. The molecule has 0 bridgehead atoms. The molecule has 2 heterocycles. The van der Waals surface area contributed by atoms with Crippen molar-refractivity contribution in [1.82, 2.24) is 9.97 Å². The normalized spacial score (nSPS) is 16.9. The van der Waals surface area contributed by atoms with Gasteiger partial charge in [-0.15, -0.1) is 0 Å². The molecule has 1 aromatic heterocycles. The fourth-order valence-electron chi connectivity index (χ4n) is 3.56. The molecule has 3 aromatic rings. The SMILES string of the molecule is OCc1nccc(N2CCCCC2c2ccc(Oc3ccccc3)cc2)n1. The lowest BCUT2D eigenvalue weighted by atomic mass is 9.95. The number of aromatic nitrogens is 2. The molecular weight excluding hydrogens is 338 g/mol. The van der Waals surface area contributed by atoms with E-state index in [9.17, 15) is 5.11 Å². The highest BCUT2D eigenvalue weighted by molar-refractivity contribution is 5.44. The molecule has 0 aliphatic carbocycles. The summed E-state index contributed by atoms with van der Waals surface area (Å²) in [4.78, 5) is 10.9. The number of benzene rings is 2. The van der Waals surface area contributed by atoms with Gasteiger partial charge in [0.1, 0.15) is 23.9 Å². The zero-order valence-electron chi connectivity index (χ0n) is 15.2. The number of piperidine rings is 1. The van der Waals surface area contributed by atoms with Gasteiger partial charge in [0.2, 0.25) is 0 Å². The van der Waals surface area contributed by atoms with Gasteiger partial charge in [0.25, 0.3) is 0 Å². The van der Waals surface area contributed by atoms with Crippen LogP contribution in [0.1, 0.15) is 36.7 Å². The largest absolute Gasteiger partial charge is 0.457 e. The van der Waals surface area contributed by atoms with Gasteiger partial charge in [0, 0.05) is 12.7 Å². The number of para-hydroxylation sites is 1. The zero-order valence-corrected chi connectivity index (χ0v) is 15.2. The summed E-state index contributed by atoms with van der Waals surface area (Å²) in [5.74, 6) is 3.01. The van der Waals surface area contributed by atoms with E-state index in [0.29, 0.717) is 5.82 Å². The van der Waals surface area contributed by atoms with Crippen molar-refractivity contribution in [2.24, 2.45) is 0 Å². The van der Waals surface area contributed by atoms with Crippen LogP contribution in [0.5, 0.6) is 11.5 Å². The average Bonchev–Trinajstić information content (AvgIpc) is 2.75. The van der Waals surface area contributed by atoms with Gasteiger partial charge in [-0.1, -0.05) is 30.3 Å². The highest BCUT2D eigenvalue weighted by atomic mass is 16.5. The smallest absolute Gasteiger partial charge is 0.156 e.